The molecule has 0 bridgehead atoms. The van der Waals surface area contributed by atoms with Crippen molar-refractivity contribution in [2.45, 2.75) is 56.7 Å². The lowest BCUT2D eigenvalue weighted by Crippen LogP contribution is -2.29. The zero-order chi connectivity index (χ0) is 21.9. The Balaban J connectivity index is 1.30. The molecule has 5 rings (SSSR count). The van der Waals surface area contributed by atoms with E-state index in [4.69, 9.17) is 9.72 Å². The minimum Gasteiger partial charge on any atom is -0.488 e. The lowest BCUT2D eigenvalue weighted by molar-refractivity contribution is 0.0672. The second-order valence-corrected chi connectivity index (χ2v) is 9.26. The van der Waals surface area contributed by atoms with Crippen molar-refractivity contribution in [3.05, 3.63) is 54.2 Å². The number of likely N-dealkylation sites (tertiary alicyclic amines) is 1. The average Bonchev–Trinajstić information content (AvgIpc) is 2.82. The van der Waals surface area contributed by atoms with Gasteiger partial charge in [0.15, 0.2) is 0 Å². The summed E-state index contributed by atoms with van der Waals surface area (Å²) in [6.07, 6.45) is 7.56. The minimum absolute atomic E-state index is 0.127. The van der Waals surface area contributed by atoms with E-state index in [1.165, 1.54) is 31.5 Å². The lowest BCUT2D eigenvalue weighted by atomic mass is 9.89. The van der Waals surface area contributed by atoms with Gasteiger partial charge in [-0.15, -0.1) is 0 Å². The van der Waals surface area contributed by atoms with Gasteiger partial charge in [-0.25, -0.2) is 9.97 Å². The monoisotopic (exact) mass is 432 g/mol. The second-order valence-electron chi connectivity index (χ2n) is 9.26. The number of anilines is 2. The Morgan fingerprint density at radius 2 is 1.72 bits per heavy atom. The maximum absolute atomic E-state index is 9.76. The summed E-state index contributed by atoms with van der Waals surface area (Å²) in [7, 11) is 2.20. The maximum Gasteiger partial charge on any atom is 0.227 e. The van der Waals surface area contributed by atoms with Crippen molar-refractivity contribution < 1.29 is 9.84 Å². The number of ether oxygens (including phenoxy) is 1. The standard InChI is InChI=1S/C26H32N4O2/c1-30-15-13-19(14-16-30)18-5-7-21(8-6-18)28-26-27-17-20-3-2-4-24(25(20)29-26)32-23-11-9-22(31)10-12-23/h2-8,17,19,22-23,31H,9-16H2,1H3,(H,27,28,29). The van der Waals surface area contributed by atoms with Crippen LogP contribution in [0.1, 0.15) is 50.0 Å². The van der Waals surface area contributed by atoms with Gasteiger partial charge in [-0.05, 0) is 88.3 Å². The van der Waals surface area contributed by atoms with E-state index in [2.05, 4.69) is 46.5 Å². The van der Waals surface area contributed by atoms with Crippen LogP contribution in [0, 0.1) is 0 Å². The molecule has 0 amide bonds. The molecule has 1 aromatic heterocycles. The Bertz CT molecular complexity index is 1040. The van der Waals surface area contributed by atoms with E-state index < -0.39 is 0 Å². The van der Waals surface area contributed by atoms with Crippen molar-refractivity contribution >= 4 is 22.5 Å². The summed E-state index contributed by atoms with van der Waals surface area (Å²) in [4.78, 5) is 11.7. The van der Waals surface area contributed by atoms with E-state index in [0.29, 0.717) is 11.9 Å². The molecule has 6 nitrogen and oxygen atoms in total. The van der Waals surface area contributed by atoms with Crippen LogP contribution >= 0.6 is 0 Å². The summed E-state index contributed by atoms with van der Waals surface area (Å²) < 4.78 is 6.28. The van der Waals surface area contributed by atoms with Gasteiger partial charge in [-0.2, -0.15) is 0 Å². The Hall–Kier alpha value is -2.70. The van der Waals surface area contributed by atoms with E-state index >= 15 is 0 Å². The number of aliphatic hydroxyl groups excluding tert-OH is 1. The smallest absolute Gasteiger partial charge is 0.227 e. The van der Waals surface area contributed by atoms with Crippen molar-refractivity contribution in [2.24, 2.45) is 0 Å². The molecule has 0 unspecified atom stereocenters. The maximum atomic E-state index is 9.76. The van der Waals surface area contributed by atoms with Crippen LogP contribution in [0.3, 0.4) is 0 Å². The van der Waals surface area contributed by atoms with E-state index in [1.807, 2.05) is 24.4 Å². The highest BCUT2D eigenvalue weighted by atomic mass is 16.5. The van der Waals surface area contributed by atoms with Crippen molar-refractivity contribution in [1.29, 1.82) is 0 Å². The summed E-state index contributed by atoms with van der Waals surface area (Å²) >= 11 is 0. The van der Waals surface area contributed by atoms with Crippen molar-refractivity contribution in [2.75, 3.05) is 25.5 Å². The molecule has 2 N–H and O–H groups in total. The number of para-hydroxylation sites is 1. The Labute approximate surface area is 189 Å². The minimum atomic E-state index is -0.189. The number of aromatic nitrogens is 2. The molecule has 1 aliphatic carbocycles. The quantitative estimate of drug-likeness (QED) is 0.600. The van der Waals surface area contributed by atoms with Gasteiger partial charge in [0.2, 0.25) is 5.95 Å². The number of fused-ring (bicyclic) bond motifs is 1. The normalized spacial score (nSPS) is 22.7. The molecule has 2 aromatic carbocycles. The van der Waals surface area contributed by atoms with Crippen LogP contribution in [0.15, 0.2) is 48.7 Å². The number of hydrogen-bond acceptors (Lipinski definition) is 6. The van der Waals surface area contributed by atoms with Gasteiger partial charge < -0.3 is 20.1 Å². The van der Waals surface area contributed by atoms with Crippen LogP contribution in [0.4, 0.5) is 11.6 Å². The van der Waals surface area contributed by atoms with E-state index in [-0.39, 0.29) is 12.2 Å². The Kier molecular flexibility index (Phi) is 6.23. The van der Waals surface area contributed by atoms with Crippen LogP contribution in [0.2, 0.25) is 0 Å². The molecule has 0 spiro atoms. The third kappa shape index (κ3) is 4.87. The number of hydrogen-bond donors (Lipinski definition) is 2. The van der Waals surface area contributed by atoms with E-state index in [9.17, 15) is 5.11 Å². The molecule has 32 heavy (non-hydrogen) atoms. The molecular formula is C26H32N4O2. The summed E-state index contributed by atoms with van der Waals surface area (Å²) in [5.41, 5.74) is 3.22. The van der Waals surface area contributed by atoms with Gasteiger partial charge in [0.1, 0.15) is 11.3 Å². The van der Waals surface area contributed by atoms with Gasteiger partial charge >= 0.3 is 0 Å². The van der Waals surface area contributed by atoms with Crippen molar-refractivity contribution in [1.82, 2.24) is 14.9 Å². The van der Waals surface area contributed by atoms with Crippen LogP contribution in [-0.2, 0) is 0 Å². The fraction of sp³-hybridized carbons (Fsp3) is 0.462. The number of nitrogens with zero attached hydrogens (tertiary/aromatic N) is 3. The second kappa shape index (κ2) is 9.43. The lowest BCUT2D eigenvalue weighted by Gasteiger charge is -2.29. The fourth-order valence-electron chi connectivity index (χ4n) is 4.84. The highest BCUT2D eigenvalue weighted by molar-refractivity contribution is 5.85. The molecule has 0 atom stereocenters. The van der Waals surface area contributed by atoms with Gasteiger partial charge in [-0.3, -0.25) is 0 Å². The topological polar surface area (TPSA) is 70.5 Å². The first kappa shape index (κ1) is 21.2. The van der Waals surface area contributed by atoms with Crippen molar-refractivity contribution in [3.63, 3.8) is 0 Å². The predicted molar refractivity (Wildman–Crippen MR) is 128 cm³/mol. The zero-order valence-corrected chi connectivity index (χ0v) is 18.7. The van der Waals surface area contributed by atoms with Gasteiger partial charge in [0.05, 0.1) is 12.2 Å². The molecule has 6 heteroatoms. The molecule has 3 aromatic rings. The fourth-order valence-corrected chi connectivity index (χ4v) is 4.84. The molecule has 2 aliphatic rings. The first-order valence-corrected chi connectivity index (χ1v) is 11.8. The highest BCUT2D eigenvalue weighted by Gasteiger charge is 2.22. The van der Waals surface area contributed by atoms with Crippen LogP contribution in [0.5, 0.6) is 5.75 Å². The third-order valence-electron chi connectivity index (χ3n) is 6.87. The first-order valence-electron chi connectivity index (χ1n) is 11.8. The highest BCUT2D eigenvalue weighted by Crippen LogP contribution is 2.31. The third-order valence-corrected chi connectivity index (χ3v) is 6.87. The number of benzene rings is 2. The molecule has 1 aliphatic heterocycles. The molecule has 168 valence electrons. The number of nitrogens with one attached hydrogen (secondary N) is 1. The molecule has 1 saturated heterocycles. The van der Waals surface area contributed by atoms with E-state index in [0.717, 1.165) is 48.0 Å². The summed E-state index contributed by atoms with van der Waals surface area (Å²) in [5, 5.41) is 14.1. The molecular weight excluding hydrogens is 400 g/mol. The van der Waals surface area contributed by atoms with Crippen molar-refractivity contribution in [3.8, 4) is 5.75 Å². The molecule has 1 saturated carbocycles. The number of aliphatic hydroxyl groups is 1. The number of piperidine rings is 1. The predicted octanol–water partition coefficient (Wildman–Crippen LogP) is 4.86. The summed E-state index contributed by atoms with van der Waals surface area (Å²) in [5.74, 6) is 2.00. The van der Waals surface area contributed by atoms with Gasteiger partial charge in [-0.1, -0.05) is 24.3 Å². The largest absolute Gasteiger partial charge is 0.488 e. The van der Waals surface area contributed by atoms with E-state index in [1.54, 1.807) is 0 Å². The molecule has 2 heterocycles. The zero-order valence-electron chi connectivity index (χ0n) is 18.7. The van der Waals surface area contributed by atoms with Gasteiger partial charge in [0.25, 0.3) is 0 Å². The van der Waals surface area contributed by atoms with Crippen LogP contribution < -0.4 is 10.1 Å². The average molecular weight is 433 g/mol. The first-order chi connectivity index (χ1) is 15.6. The van der Waals surface area contributed by atoms with Crippen LogP contribution in [-0.4, -0.2) is 52.3 Å². The molecule has 2 fully saturated rings. The number of rotatable bonds is 5. The Morgan fingerprint density at radius 1 is 0.969 bits per heavy atom. The van der Waals surface area contributed by atoms with Crippen LogP contribution in [0.25, 0.3) is 10.9 Å². The summed E-state index contributed by atoms with van der Waals surface area (Å²) in [6, 6.07) is 14.7. The van der Waals surface area contributed by atoms with Gasteiger partial charge in [0, 0.05) is 17.3 Å². The SMILES string of the molecule is CN1CCC(c2ccc(Nc3ncc4cccc(OC5CCC(O)CC5)c4n3)cc2)CC1. The molecule has 0 radical (unpaired) electrons. The summed E-state index contributed by atoms with van der Waals surface area (Å²) in [6.45, 7) is 2.34. The Morgan fingerprint density at radius 3 is 2.47 bits per heavy atom.